The monoisotopic (exact) mass is 857 g/mol. The molecule has 0 unspecified atom stereocenters. The second-order valence-electron chi connectivity index (χ2n) is 13.7. The number of anilines is 3. The number of methoxy groups -OCH3 is 2. The van der Waals surface area contributed by atoms with Gasteiger partial charge >= 0.3 is 0 Å². The number of para-hydroxylation sites is 2. The Kier molecular flexibility index (Phi) is 12.8. The third kappa shape index (κ3) is 9.85. The lowest BCUT2D eigenvalue weighted by molar-refractivity contribution is -0.668. The van der Waals surface area contributed by atoms with Crippen LogP contribution in [-0.2, 0) is 26.8 Å². The number of nitrogens with zero attached hydrogens (tertiary/aromatic N) is 3. The van der Waals surface area contributed by atoms with E-state index in [-0.39, 0.29) is 18.6 Å². The van der Waals surface area contributed by atoms with Crippen molar-refractivity contribution in [3.63, 3.8) is 0 Å². The number of ether oxygens (including phenoxy) is 2. The number of hydrogen-bond acceptors (Lipinski definition) is 11. The van der Waals surface area contributed by atoms with Crippen LogP contribution >= 0.6 is 23.1 Å². The highest BCUT2D eigenvalue weighted by Crippen LogP contribution is 2.48. The van der Waals surface area contributed by atoms with E-state index in [0.717, 1.165) is 71.9 Å². The molecule has 0 radical (unpaired) electrons. The molecule has 302 valence electrons. The van der Waals surface area contributed by atoms with E-state index >= 15 is 0 Å². The normalized spacial score (nSPS) is 16.0. The average molecular weight is 858 g/mol. The molecule has 7 rings (SSSR count). The molecule has 1 aliphatic carbocycles. The van der Waals surface area contributed by atoms with Gasteiger partial charge in [-0.2, -0.15) is 13.0 Å². The van der Waals surface area contributed by atoms with Gasteiger partial charge in [0.1, 0.15) is 16.2 Å². The molecule has 0 amide bonds. The molecular formula is C43H43N3O8S4. The molecule has 0 saturated carbocycles. The molecule has 0 fully saturated rings. The fourth-order valence-electron chi connectivity index (χ4n) is 7.16. The van der Waals surface area contributed by atoms with Gasteiger partial charge in [0.2, 0.25) is 5.52 Å². The Morgan fingerprint density at radius 1 is 0.828 bits per heavy atom. The van der Waals surface area contributed by atoms with Gasteiger partial charge in [-0.1, -0.05) is 65.6 Å². The van der Waals surface area contributed by atoms with E-state index in [0.29, 0.717) is 24.6 Å². The minimum absolute atomic E-state index is 0.174. The first-order valence-electron chi connectivity index (χ1n) is 18.7. The first-order chi connectivity index (χ1) is 27.9. The van der Waals surface area contributed by atoms with Crippen LogP contribution in [-0.4, -0.2) is 58.2 Å². The molecule has 15 heteroatoms. The van der Waals surface area contributed by atoms with E-state index in [1.165, 1.54) is 0 Å². The van der Waals surface area contributed by atoms with Crippen LogP contribution in [0.3, 0.4) is 0 Å². The zero-order valence-electron chi connectivity index (χ0n) is 32.0. The van der Waals surface area contributed by atoms with Crippen molar-refractivity contribution in [2.24, 2.45) is 0 Å². The minimum atomic E-state index is -4.37. The molecular weight excluding hydrogens is 815 g/mol. The molecule has 5 aromatic rings. The maximum atomic E-state index is 11.6. The van der Waals surface area contributed by atoms with Crippen molar-refractivity contribution in [2.45, 2.75) is 37.1 Å². The lowest BCUT2D eigenvalue weighted by atomic mass is 10.1. The van der Waals surface area contributed by atoms with E-state index in [1.807, 2.05) is 77.4 Å². The van der Waals surface area contributed by atoms with Crippen molar-refractivity contribution in [1.82, 2.24) is 0 Å². The van der Waals surface area contributed by atoms with E-state index in [4.69, 9.17) is 9.47 Å². The predicted octanol–water partition coefficient (Wildman–Crippen LogP) is 8.70. The summed E-state index contributed by atoms with van der Waals surface area (Å²) >= 11 is 3.17. The zero-order valence-corrected chi connectivity index (χ0v) is 35.2. The summed E-state index contributed by atoms with van der Waals surface area (Å²) < 4.78 is 81.5. The van der Waals surface area contributed by atoms with Gasteiger partial charge in [0.05, 0.1) is 52.6 Å². The number of rotatable bonds is 16. The molecule has 1 aromatic heterocycles. The number of benzene rings is 4. The molecule has 0 bridgehead atoms. The van der Waals surface area contributed by atoms with Crippen molar-refractivity contribution in [1.29, 1.82) is 0 Å². The van der Waals surface area contributed by atoms with Gasteiger partial charge in [-0.3, -0.25) is 4.55 Å². The molecule has 0 saturated heterocycles. The first kappa shape index (κ1) is 41.3. The molecule has 0 atom stereocenters. The Labute approximate surface area is 347 Å². The summed E-state index contributed by atoms with van der Waals surface area (Å²) in [5.41, 5.74) is 6.99. The standard InChI is InChI=1S/C43H43N3O8S4/c1-53-35-19-21-39-37(29-35)44(25-9-27-57(47,48)49)41(55-39)23-17-31-15-16-32(43(31)46(33-11-5-3-6-12-33)34-13-7-4-8-14-34)18-24-42-45(26-10-28-58(50,51)52)38-30-36(54-2)20-22-40(38)56-42/h3-8,11-14,17-24,29-30H,9-10,15-16,25-28H2,1-2H3,(H-,47,48,49,50,51,52). The predicted molar refractivity (Wildman–Crippen MR) is 231 cm³/mol. The number of thiazole rings is 1. The fraction of sp³-hybridized carbons (Fsp3) is 0.233. The summed E-state index contributed by atoms with van der Waals surface area (Å²) in [6.45, 7) is 0.715. The molecule has 1 N–H and O–H groups in total. The highest BCUT2D eigenvalue weighted by molar-refractivity contribution is 8.03. The number of aromatic nitrogens is 1. The van der Waals surface area contributed by atoms with Crippen LogP contribution in [0.5, 0.6) is 11.5 Å². The van der Waals surface area contributed by atoms with Crippen molar-refractivity contribution >= 4 is 76.7 Å². The van der Waals surface area contributed by atoms with E-state index in [9.17, 15) is 25.9 Å². The van der Waals surface area contributed by atoms with Crippen molar-refractivity contribution < 1.29 is 40.0 Å². The molecule has 0 spiro atoms. The number of allylic oxidation sites excluding steroid dienone is 5. The third-order valence-electron chi connectivity index (χ3n) is 9.81. The largest absolute Gasteiger partial charge is 0.748 e. The Morgan fingerprint density at radius 3 is 2.16 bits per heavy atom. The summed E-state index contributed by atoms with van der Waals surface area (Å²) in [4.78, 5) is 5.36. The Balaban J connectivity index is 1.34. The fourth-order valence-corrected chi connectivity index (χ4v) is 10.3. The van der Waals surface area contributed by atoms with E-state index in [2.05, 4.69) is 58.4 Å². The van der Waals surface area contributed by atoms with Crippen molar-refractivity contribution in [3.05, 3.63) is 142 Å². The Hall–Kier alpha value is -4.90. The third-order valence-corrected chi connectivity index (χ3v) is 13.7. The zero-order chi connectivity index (χ0) is 40.9. The van der Waals surface area contributed by atoms with Gasteiger partial charge < -0.3 is 23.8 Å². The summed E-state index contributed by atoms with van der Waals surface area (Å²) in [6.07, 6.45) is 10.3. The Bertz CT molecular complexity index is 2600. The summed E-state index contributed by atoms with van der Waals surface area (Å²) in [5.74, 6) is 0.559. The maximum Gasteiger partial charge on any atom is 0.264 e. The molecule has 58 heavy (non-hydrogen) atoms. The van der Waals surface area contributed by atoms with Crippen LogP contribution in [0.4, 0.5) is 17.1 Å². The topological polar surface area (TPSA) is 140 Å². The lowest BCUT2D eigenvalue weighted by Gasteiger charge is -2.28. The highest BCUT2D eigenvalue weighted by Gasteiger charge is 2.29. The summed E-state index contributed by atoms with van der Waals surface area (Å²) in [7, 11) is -5.29. The SMILES string of the molecule is COc1ccc2c(c1)N(CCCS(=O)(=O)O)/C(=C/C=C1\CCC(/C=C/c3sc4ccc(OC)cc4[n+]3CCCS(=O)(=O)[O-])=C1N(c1ccccc1)c1ccccc1)S2. The maximum absolute atomic E-state index is 11.6. The van der Waals surface area contributed by atoms with Gasteiger partial charge in [0.25, 0.3) is 15.1 Å². The number of aryl methyl sites for hydroxylation is 1. The molecule has 11 nitrogen and oxygen atoms in total. The average Bonchev–Trinajstić information content (AvgIpc) is 3.88. The summed E-state index contributed by atoms with van der Waals surface area (Å²) in [5, 5.41) is 1.82. The van der Waals surface area contributed by atoms with Gasteiger partial charge in [0, 0.05) is 47.1 Å². The Morgan fingerprint density at radius 2 is 1.50 bits per heavy atom. The molecule has 4 aromatic carbocycles. The van der Waals surface area contributed by atoms with Crippen molar-refractivity contribution in [2.75, 3.05) is 42.1 Å². The van der Waals surface area contributed by atoms with Gasteiger partial charge in [0.15, 0.2) is 6.54 Å². The smallest absolute Gasteiger partial charge is 0.264 e. The second kappa shape index (κ2) is 17.9. The van der Waals surface area contributed by atoms with E-state index < -0.39 is 26.0 Å². The summed E-state index contributed by atoms with van der Waals surface area (Å²) in [6, 6.07) is 32.0. The van der Waals surface area contributed by atoms with Crippen LogP contribution in [0, 0.1) is 0 Å². The number of hydrogen-bond donors (Lipinski definition) is 1. The van der Waals surface area contributed by atoms with Crippen LogP contribution in [0.2, 0.25) is 0 Å². The van der Waals surface area contributed by atoms with Gasteiger partial charge in [-0.15, -0.1) is 0 Å². The second-order valence-corrected chi connectivity index (χ2v) is 18.9. The van der Waals surface area contributed by atoms with Gasteiger partial charge in [-0.05, 0) is 91.1 Å². The quantitative estimate of drug-likeness (QED) is 0.0753. The molecule has 2 heterocycles. The van der Waals surface area contributed by atoms with Crippen molar-refractivity contribution in [3.8, 4) is 11.5 Å². The van der Waals surface area contributed by atoms with Crippen LogP contribution in [0.1, 0.15) is 30.7 Å². The highest BCUT2D eigenvalue weighted by atomic mass is 32.2. The minimum Gasteiger partial charge on any atom is -0.748 e. The number of fused-ring (bicyclic) bond motifs is 2. The lowest BCUT2D eigenvalue weighted by Crippen LogP contribution is -2.36. The first-order valence-corrected chi connectivity index (χ1v) is 23.5. The molecule has 2 aliphatic rings. The van der Waals surface area contributed by atoms with Crippen LogP contribution in [0.25, 0.3) is 16.3 Å². The van der Waals surface area contributed by atoms with Crippen LogP contribution < -0.4 is 23.8 Å². The number of thioether (sulfide) groups is 1. The van der Waals surface area contributed by atoms with Gasteiger partial charge in [-0.25, -0.2) is 8.42 Å². The van der Waals surface area contributed by atoms with Crippen LogP contribution in [0.15, 0.2) is 142 Å². The molecule has 1 aliphatic heterocycles. The van der Waals surface area contributed by atoms with E-state index in [1.54, 1.807) is 37.3 Å².